The van der Waals surface area contributed by atoms with Gasteiger partial charge in [-0.3, -0.25) is 14.9 Å². The van der Waals surface area contributed by atoms with Gasteiger partial charge >= 0.3 is 5.97 Å². The lowest BCUT2D eigenvalue weighted by Crippen LogP contribution is -2.17. The molecule has 0 amide bonds. The molecule has 0 aliphatic carbocycles. The van der Waals surface area contributed by atoms with E-state index in [2.05, 4.69) is 5.32 Å². The Bertz CT molecular complexity index is 840. The second-order valence-electron chi connectivity index (χ2n) is 5.12. The molecule has 0 unspecified atom stereocenters. The summed E-state index contributed by atoms with van der Waals surface area (Å²) in [6.45, 7) is -0.842. The number of nitro groups is 1. The number of esters is 1. The molecular formula is C17H15FN2O6. The fourth-order valence-corrected chi connectivity index (χ4v) is 2.13. The van der Waals surface area contributed by atoms with Crippen LogP contribution < -0.4 is 5.32 Å². The van der Waals surface area contributed by atoms with Gasteiger partial charge in [-0.1, -0.05) is 12.1 Å². The lowest BCUT2D eigenvalue weighted by molar-refractivity contribution is -0.384. The fourth-order valence-electron chi connectivity index (χ4n) is 2.13. The van der Waals surface area contributed by atoms with Crippen molar-refractivity contribution in [2.45, 2.75) is 0 Å². The van der Waals surface area contributed by atoms with Crippen molar-refractivity contribution in [3.05, 3.63) is 69.5 Å². The van der Waals surface area contributed by atoms with Crippen LogP contribution in [0.1, 0.15) is 20.7 Å². The first-order valence-corrected chi connectivity index (χ1v) is 7.52. The summed E-state index contributed by atoms with van der Waals surface area (Å²) in [5, 5.41) is 22.5. The van der Waals surface area contributed by atoms with Crippen molar-refractivity contribution in [1.29, 1.82) is 0 Å². The third-order valence-corrected chi connectivity index (χ3v) is 3.37. The second kappa shape index (κ2) is 8.67. The van der Waals surface area contributed by atoms with Gasteiger partial charge in [0.1, 0.15) is 5.82 Å². The van der Waals surface area contributed by atoms with Crippen molar-refractivity contribution in [1.82, 2.24) is 0 Å². The summed E-state index contributed by atoms with van der Waals surface area (Å²) in [5.41, 5.74) is -0.535. The number of Topliss-reactive ketones (excluding diaryl/α,β-unsaturated/α-hetero) is 1. The number of aliphatic hydroxyl groups excluding tert-OH is 1. The molecule has 0 spiro atoms. The van der Waals surface area contributed by atoms with E-state index in [1.165, 1.54) is 30.3 Å². The van der Waals surface area contributed by atoms with Gasteiger partial charge in [-0.15, -0.1) is 0 Å². The Kier molecular flexibility index (Phi) is 6.34. The summed E-state index contributed by atoms with van der Waals surface area (Å²) in [4.78, 5) is 34.4. The van der Waals surface area contributed by atoms with E-state index in [1.807, 2.05) is 0 Å². The zero-order valence-electron chi connectivity index (χ0n) is 13.5. The molecule has 0 bridgehead atoms. The van der Waals surface area contributed by atoms with E-state index in [9.17, 15) is 24.1 Å². The maximum absolute atomic E-state index is 13.6. The Morgan fingerprint density at radius 2 is 1.92 bits per heavy atom. The highest BCUT2D eigenvalue weighted by molar-refractivity contribution is 6.01. The molecule has 0 fully saturated rings. The van der Waals surface area contributed by atoms with Crippen molar-refractivity contribution in [3.63, 3.8) is 0 Å². The topological polar surface area (TPSA) is 119 Å². The number of carbonyl (C=O) groups is 2. The van der Waals surface area contributed by atoms with E-state index in [1.54, 1.807) is 0 Å². The number of halogens is 1. The smallest absolute Gasteiger partial charge is 0.340 e. The predicted molar refractivity (Wildman–Crippen MR) is 89.7 cm³/mol. The Labute approximate surface area is 147 Å². The second-order valence-corrected chi connectivity index (χ2v) is 5.12. The molecule has 0 saturated carbocycles. The molecule has 2 rings (SSSR count). The number of hydrogen-bond acceptors (Lipinski definition) is 7. The summed E-state index contributed by atoms with van der Waals surface area (Å²) in [5.74, 6) is -2.47. The molecule has 0 aliphatic rings. The van der Waals surface area contributed by atoms with Gasteiger partial charge in [0.15, 0.2) is 6.61 Å². The third-order valence-electron chi connectivity index (χ3n) is 3.37. The standard InChI is InChI=1S/C17H15FN2O6/c18-14-4-2-1-3-12(14)16(22)10-26-17(23)13-9-11(20(24)25)5-6-15(13)19-7-8-21/h1-6,9,19,21H,7-8,10H2. The number of ketones is 1. The van der Waals surface area contributed by atoms with Crippen LogP contribution in [0.4, 0.5) is 15.8 Å². The minimum absolute atomic E-state index is 0.103. The Morgan fingerprint density at radius 1 is 1.19 bits per heavy atom. The number of ether oxygens (including phenoxy) is 1. The van der Waals surface area contributed by atoms with E-state index >= 15 is 0 Å². The quantitative estimate of drug-likeness (QED) is 0.320. The Balaban J connectivity index is 2.17. The molecule has 26 heavy (non-hydrogen) atoms. The summed E-state index contributed by atoms with van der Waals surface area (Å²) < 4.78 is 18.4. The van der Waals surface area contributed by atoms with E-state index in [0.29, 0.717) is 0 Å². The Hall–Kier alpha value is -3.33. The van der Waals surface area contributed by atoms with Gasteiger partial charge in [0, 0.05) is 24.4 Å². The van der Waals surface area contributed by atoms with Crippen LogP contribution in [0.2, 0.25) is 0 Å². The normalized spacial score (nSPS) is 10.2. The molecular weight excluding hydrogens is 347 g/mol. The van der Waals surface area contributed by atoms with Crippen LogP contribution in [0.3, 0.4) is 0 Å². The zero-order chi connectivity index (χ0) is 19.1. The number of benzene rings is 2. The van der Waals surface area contributed by atoms with Crippen LogP contribution >= 0.6 is 0 Å². The fraction of sp³-hybridized carbons (Fsp3) is 0.176. The molecule has 0 aromatic heterocycles. The number of carbonyl (C=O) groups excluding carboxylic acids is 2. The maximum atomic E-state index is 13.6. The molecule has 0 radical (unpaired) electrons. The number of nitrogens with one attached hydrogen (secondary N) is 1. The number of nitro benzene ring substituents is 1. The molecule has 2 aromatic carbocycles. The molecule has 0 heterocycles. The number of aliphatic hydroxyl groups is 1. The van der Waals surface area contributed by atoms with E-state index in [4.69, 9.17) is 9.84 Å². The first-order valence-electron chi connectivity index (χ1n) is 7.52. The average molecular weight is 362 g/mol. The molecule has 2 N–H and O–H groups in total. The highest BCUT2D eigenvalue weighted by Gasteiger charge is 2.20. The molecule has 0 atom stereocenters. The first-order chi connectivity index (χ1) is 12.4. The molecule has 0 saturated heterocycles. The first kappa shape index (κ1) is 19.0. The largest absolute Gasteiger partial charge is 0.454 e. The molecule has 2 aromatic rings. The van der Waals surface area contributed by atoms with E-state index in [-0.39, 0.29) is 35.7 Å². The maximum Gasteiger partial charge on any atom is 0.340 e. The molecule has 9 heteroatoms. The van der Waals surface area contributed by atoms with Gasteiger partial charge in [0.25, 0.3) is 5.69 Å². The van der Waals surface area contributed by atoms with Crippen LogP contribution in [0.5, 0.6) is 0 Å². The summed E-state index contributed by atoms with van der Waals surface area (Å²) in [6.07, 6.45) is 0. The molecule has 136 valence electrons. The van der Waals surface area contributed by atoms with Crippen LogP contribution in [0, 0.1) is 15.9 Å². The van der Waals surface area contributed by atoms with Gasteiger partial charge < -0.3 is 15.2 Å². The van der Waals surface area contributed by atoms with Gasteiger partial charge in [-0.05, 0) is 18.2 Å². The predicted octanol–water partition coefficient (Wildman–Crippen LogP) is 2.18. The molecule has 8 nitrogen and oxygen atoms in total. The number of rotatable bonds is 8. The van der Waals surface area contributed by atoms with Gasteiger partial charge in [0.05, 0.1) is 22.7 Å². The van der Waals surface area contributed by atoms with Crippen molar-refractivity contribution >= 4 is 23.1 Å². The van der Waals surface area contributed by atoms with Crippen molar-refractivity contribution in [2.75, 3.05) is 25.1 Å². The highest BCUT2D eigenvalue weighted by Crippen LogP contribution is 2.23. The van der Waals surface area contributed by atoms with Crippen LogP contribution in [-0.4, -0.2) is 41.5 Å². The van der Waals surface area contributed by atoms with Crippen LogP contribution in [0.15, 0.2) is 42.5 Å². The van der Waals surface area contributed by atoms with Gasteiger partial charge in [-0.2, -0.15) is 0 Å². The minimum atomic E-state index is -0.987. The number of non-ortho nitro benzene ring substituents is 1. The monoisotopic (exact) mass is 362 g/mol. The molecule has 0 aliphatic heterocycles. The van der Waals surface area contributed by atoms with Gasteiger partial charge in [0.2, 0.25) is 5.78 Å². The lowest BCUT2D eigenvalue weighted by atomic mass is 10.1. The van der Waals surface area contributed by atoms with E-state index < -0.39 is 29.1 Å². The van der Waals surface area contributed by atoms with Crippen molar-refractivity contribution in [3.8, 4) is 0 Å². The zero-order valence-corrected chi connectivity index (χ0v) is 13.5. The van der Waals surface area contributed by atoms with E-state index in [0.717, 1.165) is 12.1 Å². The summed E-state index contributed by atoms with van der Waals surface area (Å²) in [7, 11) is 0. The highest BCUT2D eigenvalue weighted by atomic mass is 19.1. The summed E-state index contributed by atoms with van der Waals surface area (Å²) in [6, 6.07) is 8.72. The number of anilines is 1. The number of nitrogens with zero attached hydrogens (tertiary/aromatic N) is 1. The summed E-state index contributed by atoms with van der Waals surface area (Å²) >= 11 is 0. The third kappa shape index (κ3) is 4.61. The van der Waals surface area contributed by atoms with Crippen LogP contribution in [0.25, 0.3) is 0 Å². The Morgan fingerprint density at radius 3 is 2.58 bits per heavy atom. The average Bonchev–Trinajstić information content (AvgIpc) is 2.64. The van der Waals surface area contributed by atoms with Crippen molar-refractivity contribution < 1.29 is 28.7 Å². The van der Waals surface area contributed by atoms with Crippen molar-refractivity contribution in [2.24, 2.45) is 0 Å². The van der Waals surface area contributed by atoms with Gasteiger partial charge in [-0.25, -0.2) is 9.18 Å². The van der Waals surface area contributed by atoms with Crippen LogP contribution in [-0.2, 0) is 4.74 Å². The SMILES string of the molecule is O=C(COC(=O)c1cc([N+](=O)[O-])ccc1NCCO)c1ccccc1F. The number of hydrogen-bond donors (Lipinski definition) is 2. The lowest BCUT2D eigenvalue weighted by Gasteiger charge is -2.11. The minimum Gasteiger partial charge on any atom is -0.454 e.